The number of nitrogens with zero attached hydrogens (tertiary/aromatic N) is 6. The van der Waals surface area contributed by atoms with E-state index in [1.54, 1.807) is 17.9 Å². The van der Waals surface area contributed by atoms with Crippen LogP contribution in [0.25, 0.3) is 0 Å². The van der Waals surface area contributed by atoms with E-state index in [2.05, 4.69) is 20.5 Å². The van der Waals surface area contributed by atoms with Crippen LogP contribution < -0.4 is 5.73 Å². The highest BCUT2D eigenvalue weighted by Crippen LogP contribution is 2.08. The van der Waals surface area contributed by atoms with Crippen LogP contribution in [0.2, 0.25) is 0 Å². The topological polar surface area (TPSA) is 125 Å². The Morgan fingerprint density at radius 1 is 1.50 bits per heavy atom. The van der Waals surface area contributed by atoms with E-state index in [1.807, 2.05) is 0 Å². The normalized spacial score (nSPS) is 10.8. The molecule has 0 bridgehead atoms. The van der Waals surface area contributed by atoms with E-state index < -0.39 is 5.97 Å². The molecule has 0 saturated carbocycles. The van der Waals surface area contributed by atoms with Crippen molar-refractivity contribution in [3.63, 3.8) is 0 Å². The zero-order valence-electron chi connectivity index (χ0n) is 9.81. The molecule has 9 heteroatoms. The van der Waals surface area contributed by atoms with Crippen LogP contribution in [-0.2, 0) is 20.0 Å². The Hall–Kier alpha value is -2.29. The Morgan fingerprint density at radius 3 is 2.83 bits per heavy atom. The Labute approximate surface area is 102 Å². The summed E-state index contributed by atoms with van der Waals surface area (Å²) in [6.07, 6.45) is 1.96. The summed E-state index contributed by atoms with van der Waals surface area (Å²) >= 11 is 0. The fourth-order valence-electron chi connectivity index (χ4n) is 1.59. The van der Waals surface area contributed by atoms with E-state index in [9.17, 15) is 4.79 Å². The van der Waals surface area contributed by atoms with Gasteiger partial charge in [0.2, 0.25) is 0 Å². The molecule has 18 heavy (non-hydrogen) atoms. The van der Waals surface area contributed by atoms with Crippen molar-refractivity contribution in [1.29, 1.82) is 0 Å². The number of hydrogen-bond donors (Lipinski definition) is 2. The average Bonchev–Trinajstić information content (AvgIpc) is 2.89. The fraction of sp³-hybridized carbons (Fsp3) is 0.444. The van der Waals surface area contributed by atoms with Gasteiger partial charge in [-0.3, -0.25) is 0 Å². The first-order valence-corrected chi connectivity index (χ1v) is 5.32. The first kappa shape index (κ1) is 12.2. The second-order valence-electron chi connectivity index (χ2n) is 3.74. The number of aromatic nitrogens is 6. The van der Waals surface area contributed by atoms with E-state index >= 15 is 0 Å². The average molecular weight is 251 g/mol. The summed E-state index contributed by atoms with van der Waals surface area (Å²) in [5.74, 6) is -0.447. The van der Waals surface area contributed by atoms with Gasteiger partial charge in [-0.2, -0.15) is 0 Å². The van der Waals surface area contributed by atoms with E-state index in [-0.39, 0.29) is 5.69 Å². The number of carboxylic acid groups (broad SMARTS) is 1. The fourth-order valence-corrected chi connectivity index (χ4v) is 1.59. The minimum atomic E-state index is -1.11. The summed E-state index contributed by atoms with van der Waals surface area (Å²) in [6, 6.07) is 0. The lowest BCUT2D eigenvalue weighted by atomic mass is 10.2. The summed E-state index contributed by atoms with van der Waals surface area (Å²) in [7, 11) is 1.80. The van der Waals surface area contributed by atoms with Crippen LogP contribution in [0, 0.1) is 0 Å². The van der Waals surface area contributed by atoms with E-state index in [4.69, 9.17) is 10.8 Å². The number of hydrogen-bond acceptors (Lipinski definition) is 6. The Morgan fingerprint density at radius 2 is 2.28 bits per heavy atom. The maximum Gasteiger partial charge on any atom is 0.358 e. The largest absolute Gasteiger partial charge is 0.476 e. The summed E-state index contributed by atoms with van der Waals surface area (Å²) in [5, 5.41) is 24.1. The van der Waals surface area contributed by atoms with Gasteiger partial charge in [-0.15, -0.1) is 15.3 Å². The molecule has 2 aromatic rings. The quantitative estimate of drug-likeness (QED) is 0.673. The minimum absolute atomic E-state index is 0.0670. The Kier molecular flexibility index (Phi) is 3.33. The third kappa shape index (κ3) is 2.20. The van der Waals surface area contributed by atoms with Crippen molar-refractivity contribution in [3.05, 3.63) is 23.5 Å². The van der Waals surface area contributed by atoms with Crippen LogP contribution in [0.5, 0.6) is 0 Å². The smallest absolute Gasteiger partial charge is 0.358 e. The van der Waals surface area contributed by atoms with Crippen molar-refractivity contribution < 1.29 is 9.90 Å². The predicted octanol–water partition coefficient (Wildman–Crippen LogP) is -1.35. The van der Waals surface area contributed by atoms with Gasteiger partial charge in [0.15, 0.2) is 11.5 Å². The molecule has 0 aliphatic carbocycles. The highest BCUT2D eigenvalue weighted by atomic mass is 16.4. The summed E-state index contributed by atoms with van der Waals surface area (Å²) in [6.45, 7) is 0.637. The second kappa shape index (κ2) is 4.92. The Balaban J connectivity index is 2.33. The number of aryl methyl sites for hydroxylation is 1. The van der Waals surface area contributed by atoms with Gasteiger partial charge < -0.3 is 15.4 Å². The van der Waals surface area contributed by atoms with Gasteiger partial charge in [0.05, 0.1) is 5.69 Å². The molecule has 2 heterocycles. The first-order valence-electron chi connectivity index (χ1n) is 5.32. The molecule has 0 aliphatic heterocycles. The zero-order valence-corrected chi connectivity index (χ0v) is 9.81. The van der Waals surface area contributed by atoms with Crippen molar-refractivity contribution in [2.45, 2.75) is 13.0 Å². The highest BCUT2D eigenvalue weighted by molar-refractivity contribution is 5.86. The van der Waals surface area contributed by atoms with Crippen molar-refractivity contribution in [2.75, 3.05) is 6.54 Å². The predicted molar refractivity (Wildman–Crippen MR) is 59.8 cm³/mol. The van der Waals surface area contributed by atoms with Crippen LogP contribution >= 0.6 is 0 Å². The van der Waals surface area contributed by atoms with E-state index in [1.165, 1.54) is 4.68 Å². The molecular weight excluding hydrogens is 238 g/mol. The summed E-state index contributed by atoms with van der Waals surface area (Å²) in [4.78, 5) is 11.0. The molecule has 0 unspecified atom stereocenters. The molecule has 0 atom stereocenters. The molecule has 9 nitrogen and oxygen atoms in total. The molecule has 2 aromatic heterocycles. The molecule has 0 aliphatic rings. The lowest BCUT2D eigenvalue weighted by Crippen LogP contribution is -2.15. The Bertz CT molecular complexity index is 559. The van der Waals surface area contributed by atoms with Crippen LogP contribution in [0.15, 0.2) is 6.33 Å². The van der Waals surface area contributed by atoms with Gasteiger partial charge in [-0.1, -0.05) is 5.21 Å². The standard InChI is InChI=1S/C9H13N7O2/c1-15-5-11-12-7(15)4-16-6(2-3-10)8(9(17)18)13-14-16/h5H,2-4,10H2,1H3,(H,17,18). The maximum atomic E-state index is 11.0. The van der Waals surface area contributed by atoms with Gasteiger partial charge in [0.1, 0.15) is 12.9 Å². The third-order valence-corrected chi connectivity index (χ3v) is 2.52. The number of carbonyl (C=O) groups is 1. The molecule has 0 amide bonds. The summed E-state index contributed by atoms with van der Waals surface area (Å²) in [5.41, 5.74) is 5.89. The molecule has 0 aromatic carbocycles. The second-order valence-corrected chi connectivity index (χ2v) is 3.74. The SMILES string of the molecule is Cn1cnnc1Cn1nnc(C(=O)O)c1CCN. The zero-order chi connectivity index (χ0) is 13.1. The summed E-state index contributed by atoms with van der Waals surface area (Å²) < 4.78 is 3.22. The van der Waals surface area contributed by atoms with Gasteiger partial charge >= 0.3 is 5.97 Å². The van der Waals surface area contributed by atoms with E-state index in [0.29, 0.717) is 31.0 Å². The van der Waals surface area contributed by atoms with Crippen LogP contribution in [0.4, 0.5) is 0 Å². The third-order valence-electron chi connectivity index (χ3n) is 2.52. The lowest BCUT2D eigenvalue weighted by molar-refractivity contribution is 0.0689. The van der Waals surface area contributed by atoms with Gasteiger partial charge in [0.25, 0.3) is 0 Å². The van der Waals surface area contributed by atoms with Gasteiger partial charge in [-0.05, 0) is 6.54 Å². The molecule has 0 saturated heterocycles. The van der Waals surface area contributed by atoms with Crippen molar-refractivity contribution in [1.82, 2.24) is 29.8 Å². The van der Waals surface area contributed by atoms with Crippen LogP contribution in [-0.4, -0.2) is 47.4 Å². The number of carboxylic acids is 1. The minimum Gasteiger partial charge on any atom is -0.476 e. The lowest BCUT2D eigenvalue weighted by Gasteiger charge is -2.05. The molecule has 3 N–H and O–H groups in total. The van der Waals surface area contributed by atoms with Gasteiger partial charge in [0, 0.05) is 13.5 Å². The molecule has 2 rings (SSSR count). The van der Waals surface area contributed by atoms with Crippen molar-refractivity contribution in [2.24, 2.45) is 12.8 Å². The monoisotopic (exact) mass is 251 g/mol. The van der Waals surface area contributed by atoms with Crippen molar-refractivity contribution >= 4 is 5.97 Å². The van der Waals surface area contributed by atoms with E-state index in [0.717, 1.165) is 0 Å². The number of aromatic carboxylic acids is 1. The molecule has 0 radical (unpaired) electrons. The maximum absolute atomic E-state index is 11.0. The van der Waals surface area contributed by atoms with Crippen LogP contribution in [0.1, 0.15) is 22.0 Å². The highest BCUT2D eigenvalue weighted by Gasteiger charge is 2.19. The molecule has 96 valence electrons. The first-order chi connectivity index (χ1) is 8.63. The molecular formula is C9H13N7O2. The number of rotatable bonds is 5. The molecule has 0 fully saturated rings. The van der Waals surface area contributed by atoms with Crippen molar-refractivity contribution in [3.8, 4) is 0 Å². The van der Waals surface area contributed by atoms with Crippen LogP contribution in [0.3, 0.4) is 0 Å². The number of nitrogens with two attached hydrogens (primary N) is 1. The van der Waals surface area contributed by atoms with Gasteiger partial charge in [-0.25, -0.2) is 9.48 Å². The molecule has 0 spiro atoms.